The van der Waals surface area contributed by atoms with Crippen LogP contribution in [0.25, 0.3) is 6.08 Å². The molecule has 0 saturated heterocycles. The van der Waals surface area contributed by atoms with E-state index in [4.69, 9.17) is 0 Å². The molecule has 3 aromatic rings. The molecule has 0 saturated carbocycles. The van der Waals surface area contributed by atoms with Gasteiger partial charge in [-0.25, -0.2) is 0 Å². The second kappa shape index (κ2) is 11.1. The maximum Gasteiger partial charge on any atom is 0.177 e. The van der Waals surface area contributed by atoms with Crippen LogP contribution in [0.4, 0.5) is 0 Å². The zero-order chi connectivity index (χ0) is 21.2. The lowest BCUT2D eigenvalue weighted by molar-refractivity contribution is 0.243. The van der Waals surface area contributed by atoms with E-state index in [0.29, 0.717) is 0 Å². The molecule has 1 unspecified atom stereocenters. The Bertz CT molecular complexity index is 902. The first kappa shape index (κ1) is 22.2. The largest absolute Gasteiger partial charge is 0.358 e. The van der Waals surface area contributed by atoms with E-state index in [2.05, 4.69) is 105 Å². The molecule has 1 N–H and O–H groups in total. The van der Waals surface area contributed by atoms with Gasteiger partial charge in [-0.2, -0.15) is 0 Å². The number of hydrogen-bond acceptors (Lipinski definition) is 1. The van der Waals surface area contributed by atoms with Crippen LogP contribution in [0.3, 0.4) is 0 Å². The number of benzene rings is 3. The summed E-state index contributed by atoms with van der Waals surface area (Å²) in [4.78, 5) is 0. The highest BCUT2D eigenvalue weighted by Gasteiger charge is 2.47. The van der Waals surface area contributed by atoms with Gasteiger partial charge in [0.15, 0.2) is 5.85 Å². The van der Waals surface area contributed by atoms with E-state index in [1.165, 1.54) is 16.2 Å². The molecule has 1 atom stereocenters. The number of aliphatic hydroxyl groups is 1. The summed E-state index contributed by atoms with van der Waals surface area (Å²) in [5.41, 5.74) is 2.49. The third kappa shape index (κ3) is 5.57. The second-order valence-electron chi connectivity index (χ2n) is 7.87. The number of hydrogen-bond donors (Lipinski definition) is 1. The summed E-state index contributed by atoms with van der Waals surface area (Å²) < 4.78 is 0. The predicted octanol–water partition coefficient (Wildman–Crippen LogP) is 6.78. The summed E-state index contributed by atoms with van der Waals surface area (Å²) in [6, 6.07) is 31.5. The zero-order valence-electron chi connectivity index (χ0n) is 18.0. The minimum absolute atomic E-state index is 0.423. The quantitative estimate of drug-likeness (QED) is 0.232. The zero-order valence-corrected chi connectivity index (χ0v) is 18.9. The Hall–Kier alpha value is -2.47. The summed E-state index contributed by atoms with van der Waals surface area (Å²) in [6.07, 6.45) is 7.21. The van der Waals surface area contributed by atoms with Crippen molar-refractivity contribution in [2.75, 3.05) is 0 Å². The minimum atomic E-state index is -2.17. The highest BCUT2D eigenvalue weighted by Crippen LogP contribution is 2.63. The normalized spacial score (nSPS) is 12.6. The minimum Gasteiger partial charge on any atom is -0.358 e. The van der Waals surface area contributed by atoms with Crippen LogP contribution in [0.1, 0.15) is 38.7 Å². The van der Waals surface area contributed by atoms with E-state index in [9.17, 15) is 5.11 Å². The van der Waals surface area contributed by atoms with E-state index in [-0.39, 0.29) is 0 Å². The number of aliphatic hydroxyl groups excluding tert-OH is 1. The smallest absolute Gasteiger partial charge is 0.177 e. The Labute approximate surface area is 182 Å². The van der Waals surface area contributed by atoms with E-state index < -0.39 is 13.1 Å². The summed E-state index contributed by atoms with van der Waals surface area (Å²) in [7, 11) is -2.17. The molecule has 0 aliphatic rings. The summed E-state index contributed by atoms with van der Waals surface area (Å²) >= 11 is 0. The van der Waals surface area contributed by atoms with Crippen molar-refractivity contribution >= 4 is 23.9 Å². The van der Waals surface area contributed by atoms with E-state index in [1.807, 2.05) is 18.2 Å². The first-order valence-electron chi connectivity index (χ1n) is 10.7. The Morgan fingerprint density at radius 2 is 1.30 bits per heavy atom. The van der Waals surface area contributed by atoms with Crippen molar-refractivity contribution in [3.63, 3.8) is 0 Å². The lowest BCUT2D eigenvalue weighted by atomic mass is 10.2. The average Bonchev–Trinajstić information content (AvgIpc) is 2.79. The highest BCUT2D eigenvalue weighted by atomic mass is 31.2. The third-order valence-corrected chi connectivity index (χ3v) is 9.48. The molecule has 0 spiro atoms. The first-order valence-corrected chi connectivity index (χ1v) is 12.6. The Morgan fingerprint density at radius 3 is 1.80 bits per heavy atom. The van der Waals surface area contributed by atoms with Crippen molar-refractivity contribution in [3.05, 3.63) is 114 Å². The SMILES string of the molecule is CC(C)=CCCCC(O)[P+](/C=C/c1ccccc1)(c1ccccc1)c1ccccc1. The van der Waals surface area contributed by atoms with E-state index >= 15 is 0 Å². The molecule has 0 aliphatic heterocycles. The Morgan fingerprint density at radius 1 is 0.800 bits per heavy atom. The fraction of sp³-hybridized carbons (Fsp3) is 0.214. The molecule has 30 heavy (non-hydrogen) atoms. The van der Waals surface area contributed by atoms with Gasteiger partial charge in [0.25, 0.3) is 0 Å². The number of rotatable bonds is 9. The molecule has 2 heteroatoms. The maximum absolute atomic E-state index is 11.7. The fourth-order valence-electron chi connectivity index (χ4n) is 3.78. The maximum atomic E-state index is 11.7. The summed E-state index contributed by atoms with van der Waals surface area (Å²) in [5, 5.41) is 14.1. The van der Waals surface area contributed by atoms with Gasteiger partial charge in [-0.3, -0.25) is 0 Å². The van der Waals surface area contributed by atoms with Gasteiger partial charge >= 0.3 is 0 Å². The van der Waals surface area contributed by atoms with Crippen LogP contribution < -0.4 is 10.6 Å². The van der Waals surface area contributed by atoms with Gasteiger partial charge in [-0.1, -0.05) is 78.4 Å². The van der Waals surface area contributed by atoms with Gasteiger partial charge in [-0.05, 0) is 62.6 Å². The van der Waals surface area contributed by atoms with Crippen LogP contribution in [0.15, 0.2) is 108 Å². The Balaban J connectivity index is 2.06. The van der Waals surface area contributed by atoms with E-state index in [0.717, 1.165) is 24.8 Å². The van der Waals surface area contributed by atoms with Crippen molar-refractivity contribution in [1.29, 1.82) is 0 Å². The van der Waals surface area contributed by atoms with Gasteiger partial charge in [-0.15, -0.1) is 0 Å². The Kier molecular flexibility index (Phi) is 8.20. The van der Waals surface area contributed by atoms with Crippen molar-refractivity contribution in [3.8, 4) is 0 Å². The van der Waals surface area contributed by atoms with Crippen LogP contribution in [0.5, 0.6) is 0 Å². The van der Waals surface area contributed by atoms with Gasteiger partial charge in [0, 0.05) is 6.42 Å². The van der Waals surface area contributed by atoms with Gasteiger partial charge < -0.3 is 5.11 Å². The molecule has 0 aromatic heterocycles. The summed E-state index contributed by atoms with van der Waals surface area (Å²) in [5.74, 6) is 1.88. The molecule has 154 valence electrons. The van der Waals surface area contributed by atoms with Gasteiger partial charge in [0.2, 0.25) is 0 Å². The van der Waals surface area contributed by atoms with Crippen molar-refractivity contribution in [2.24, 2.45) is 0 Å². The molecule has 3 aromatic carbocycles. The molecular formula is C28H32OP+. The highest BCUT2D eigenvalue weighted by molar-refractivity contribution is 7.92. The second-order valence-corrected chi connectivity index (χ2v) is 11.3. The average molecular weight is 416 g/mol. The summed E-state index contributed by atoms with van der Waals surface area (Å²) in [6.45, 7) is 4.26. The van der Waals surface area contributed by atoms with Gasteiger partial charge in [0.05, 0.1) is 5.82 Å². The molecule has 0 bridgehead atoms. The molecule has 0 radical (unpaired) electrons. The standard InChI is InChI=1S/C28H32OP/c1-24(2)14-12-13-21-28(29)30(26-17-8-4-9-18-26,27-19-10-5-11-20-27)23-22-25-15-6-3-7-16-25/h3-11,14-20,22-23,28-29H,12-13,21H2,1-2H3/q+1/b23-22+. The van der Waals surface area contributed by atoms with Crippen molar-refractivity contribution in [1.82, 2.24) is 0 Å². The lowest BCUT2D eigenvalue weighted by Gasteiger charge is -2.28. The molecule has 0 heterocycles. The third-order valence-electron chi connectivity index (χ3n) is 5.36. The topological polar surface area (TPSA) is 20.2 Å². The fourth-order valence-corrected chi connectivity index (χ4v) is 7.63. The van der Waals surface area contributed by atoms with E-state index in [1.54, 1.807) is 0 Å². The van der Waals surface area contributed by atoms with Crippen LogP contribution >= 0.6 is 7.26 Å². The monoisotopic (exact) mass is 415 g/mol. The molecule has 0 aliphatic carbocycles. The molecule has 3 rings (SSSR count). The first-order chi connectivity index (χ1) is 14.6. The molecule has 1 nitrogen and oxygen atoms in total. The van der Waals surface area contributed by atoms with Crippen LogP contribution in [-0.2, 0) is 0 Å². The number of allylic oxidation sites excluding steroid dienone is 2. The van der Waals surface area contributed by atoms with Crippen LogP contribution in [0.2, 0.25) is 0 Å². The predicted molar refractivity (Wildman–Crippen MR) is 134 cm³/mol. The van der Waals surface area contributed by atoms with Crippen molar-refractivity contribution < 1.29 is 5.11 Å². The molecular weight excluding hydrogens is 383 g/mol. The number of unbranched alkanes of at least 4 members (excludes halogenated alkanes) is 1. The van der Waals surface area contributed by atoms with Gasteiger partial charge in [0.1, 0.15) is 17.9 Å². The van der Waals surface area contributed by atoms with Crippen molar-refractivity contribution in [2.45, 2.75) is 39.0 Å². The molecule has 0 fully saturated rings. The van der Waals surface area contributed by atoms with Crippen LogP contribution in [-0.4, -0.2) is 11.0 Å². The molecule has 0 amide bonds. The van der Waals surface area contributed by atoms with Crippen LogP contribution in [0, 0.1) is 0 Å². The lowest BCUT2D eigenvalue weighted by Crippen LogP contribution is -2.30.